The van der Waals surface area contributed by atoms with Gasteiger partial charge in [0.15, 0.2) is 9.68 Å². The van der Waals surface area contributed by atoms with E-state index < -0.39 is 0 Å². The van der Waals surface area contributed by atoms with E-state index in [2.05, 4.69) is 36.8 Å². The van der Waals surface area contributed by atoms with Crippen LogP contribution in [0.25, 0.3) is 22.4 Å². The summed E-state index contributed by atoms with van der Waals surface area (Å²) < 4.78 is 7.64. The van der Waals surface area contributed by atoms with Gasteiger partial charge in [-0.05, 0) is 40.2 Å². The second-order valence-corrected chi connectivity index (χ2v) is 6.33. The number of nitrogens with zero attached hydrogens (tertiary/aromatic N) is 1. The molecule has 2 heterocycles. The van der Waals surface area contributed by atoms with Crippen molar-refractivity contribution in [2.24, 2.45) is 0 Å². The van der Waals surface area contributed by atoms with Crippen molar-refractivity contribution in [3.8, 4) is 11.5 Å². The molecule has 0 saturated heterocycles. The maximum atomic E-state index is 5.72. The van der Waals surface area contributed by atoms with Crippen molar-refractivity contribution in [1.82, 2.24) is 4.98 Å². The molecular weight excluding hydrogens is 354 g/mol. The molecule has 0 unspecified atom stereocenters. The van der Waals surface area contributed by atoms with Crippen molar-refractivity contribution in [3.05, 3.63) is 38.0 Å². The Hall–Kier alpha value is -0.650. The van der Waals surface area contributed by atoms with Gasteiger partial charge in [-0.15, -0.1) is 11.3 Å². The minimum absolute atomic E-state index is 0.801. The highest BCUT2D eigenvalue weighted by atomic mass is 79.9. The standard InChI is InChI=1S/C11H5Br2NOS/c12-7-1-2-9-6(3-7)4-10(15-9)8-5-16-11(13)14-8/h1-5H. The van der Waals surface area contributed by atoms with Gasteiger partial charge in [0.2, 0.25) is 0 Å². The van der Waals surface area contributed by atoms with Crippen molar-refractivity contribution in [2.75, 3.05) is 0 Å². The van der Waals surface area contributed by atoms with E-state index in [1.54, 1.807) is 11.3 Å². The summed E-state index contributed by atoms with van der Waals surface area (Å²) in [4.78, 5) is 4.33. The molecule has 2 aromatic heterocycles. The molecule has 0 radical (unpaired) electrons. The van der Waals surface area contributed by atoms with Gasteiger partial charge < -0.3 is 4.42 Å². The van der Waals surface area contributed by atoms with E-state index in [-0.39, 0.29) is 0 Å². The molecule has 1 aromatic carbocycles. The van der Waals surface area contributed by atoms with Crippen LogP contribution in [0, 0.1) is 0 Å². The second-order valence-electron chi connectivity index (χ2n) is 3.28. The fourth-order valence-corrected chi connectivity index (χ4v) is 2.88. The Morgan fingerprint density at radius 1 is 1.19 bits per heavy atom. The molecule has 0 saturated carbocycles. The number of hydrogen-bond donors (Lipinski definition) is 0. The van der Waals surface area contributed by atoms with E-state index in [4.69, 9.17) is 4.42 Å². The van der Waals surface area contributed by atoms with Crippen LogP contribution < -0.4 is 0 Å². The lowest BCUT2D eigenvalue weighted by Crippen LogP contribution is -1.70. The molecule has 16 heavy (non-hydrogen) atoms. The highest BCUT2D eigenvalue weighted by molar-refractivity contribution is 9.11. The van der Waals surface area contributed by atoms with E-state index in [0.29, 0.717) is 0 Å². The van der Waals surface area contributed by atoms with Gasteiger partial charge in [0.05, 0.1) is 0 Å². The molecule has 0 N–H and O–H groups in total. The minimum Gasteiger partial charge on any atom is -0.454 e. The van der Waals surface area contributed by atoms with Crippen molar-refractivity contribution in [2.45, 2.75) is 0 Å². The Morgan fingerprint density at radius 3 is 2.81 bits per heavy atom. The number of fused-ring (bicyclic) bond motifs is 1. The lowest BCUT2D eigenvalue weighted by molar-refractivity contribution is 0.629. The van der Waals surface area contributed by atoms with Gasteiger partial charge in [-0.2, -0.15) is 0 Å². The van der Waals surface area contributed by atoms with Crippen LogP contribution >= 0.6 is 43.2 Å². The summed E-state index contributed by atoms with van der Waals surface area (Å²) in [5.74, 6) is 0.801. The van der Waals surface area contributed by atoms with Gasteiger partial charge in [-0.1, -0.05) is 15.9 Å². The number of rotatable bonds is 1. The summed E-state index contributed by atoms with van der Waals surface area (Å²) in [6, 6.07) is 7.95. The third-order valence-electron chi connectivity index (χ3n) is 2.21. The smallest absolute Gasteiger partial charge is 0.159 e. The summed E-state index contributed by atoms with van der Waals surface area (Å²) >= 11 is 8.33. The molecule has 5 heteroatoms. The maximum Gasteiger partial charge on any atom is 0.159 e. The first kappa shape index (κ1) is 10.5. The Balaban J connectivity index is 2.18. The van der Waals surface area contributed by atoms with Crippen LogP contribution in [-0.4, -0.2) is 4.98 Å². The largest absolute Gasteiger partial charge is 0.454 e. The van der Waals surface area contributed by atoms with Crippen molar-refractivity contribution < 1.29 is 4.42 Å². The normalized spacial score (nSPS) is 11.1. The molecule has 0 spiro atoms. The lowest BCUT2D eigenvalue weighted by atomic mass is 10.2. The van der Waals surface area contributed by atoms with Crippen LogP contribution in [0.1, 0.15) is 0 Å². The lowest BCUT2D eigenvalue weighted by Gasteiger charge is -1.88. The van der Waals surface area contributed by atoms with Crippen molar-refractivity contribution in [3.63, 3.8) is 0 Å². The summed E-state index contributed by atoms with van der Waals surface area (Å²) in [7, 11) is 0. The van der Waals surface area contributed by atoms with E-state index in [9.17, 15) is 0 Å². The fraction of sp³-hybridized carbons (Fsp3) is 0. The zero-order valence-corrected chi connectivity index (χ0v) is 11.9. The first-order valence-electron chi connectivity index (χ1n) is 4.53. The average Bonchev–Trinajstić information content (AvgIpc) is 2.83. The van der Waals surface area contributed by atoms with Crippen molar-refractivity contribution >= 4 is 54.2 Å². The summed E-state index contributed by atoms with van der Waals surface area (Å²) in [5.41, 5.74) is 1.74. The van der Waals surface area contributed by atoms with Gasteiger partial charge >= 0.3 is 0 Å². The molecule has 0 aliphatic rings. The Morgan fingerprint density at radius 2 is 2.06 bits per heavy atom. The number of halogens is 2. The van der Waals surface area contributed by atoms with E-state index >= 15 is 0 Å². The van der Waals surface area contributed by atoms with Crippen LogP contribution in [0.15, 0.2) is 42.5 Å². The number of thiazole rings is 1. The molecule has 0 amide bonds. The first-order valence-corrected chi connectivity index (χ1v) is 6.99. The minimum atomic E-state index is 0.801. The topological polar surface area (TPSA) is 26.0 Å². The quantitative estimate of drug-likeness (QED) is 0.606. The molecule has 0 fully saturated rings. The zero-order chi connectivity index (χ0) is 11.1. The Bertz CT molecular complexity index is 659. The van der Waals surface area contributed by atoms with Crippen LogP contribution in [-0.2, 0) is 0 Å². The monoisotopic (exact) mass is 357 g/mol. The number of furan rings is 1. The molecule has 3 aromatic rings. The maximum absolute atomic E-state index is 5.72. The van der Waals surface area contributed by atoms with Gasteiger partial charge in [0, 0.05) is 15.2 Å². The van der Waals surface area contributed by atoms with Gasteiger partial charge in [-0.25, -0.2) is 4.98 Å². The van der Waals surface area contributed by atoms with Crippen LogP contribution in [0.3, 0.4) is 0 Å². The summed E-state index contributed by atoms with van der Waals surface area (Å²) in [6.45, 7) is 0. The zero-order valence-electron chi connectivity index (χ0n) is 7.91. The van der Waals surface area contributed by atoms with Gasteiger partial charge in [0.1, 0.15) is 11.3 Å². The number of hydrogen-bond acceptors (Lipinski definition) is 3. The average molecular weight is 359 g/mol. The predicted molar refractivity (Wildman–Crippen MR) is 72.7 cm³/mol. The van der Waals surface area contributed by atoms with E-state index in [1.807, 2.05) is 29.6 Å². The molecular formula is C11H5Br2NOS. The Labute approximate surface area is 113 Å². The van der Waals surface area contributed by atoms with Gasteiger partial charge in [-0.3, -0.25) is 0 Å². The molecule has 80 valence electrons. The van der Waals surface area contributed by atoms with Crippen LogP contribution in [0.5, 0.6) is 0 Å². The highest BCUT2D eigenvalue weighted by Gasteiger charge is 2.09. The second kappa shape index (κ2) is 3.98. The predicted octanol–water partition coefficient (Wildman–Crippen LogP) is 5.08. The van der Waals surface area contributed by atoms with Crippen molar-refractivity contribution in [1.29, 1.82) is 0 Å². The molecule has 0 aliphatic carbocycles. The third-order valence-corrected chi connectivity index (χ3v) is 4.07. The molecule has 2 nitrogen and oxygen atoms in total. The molecule has 0 aliphatic heterocycles. The van der Waals surface area contributed by atoms with Gasteiger partial charge in [0.25, 0.3) is 0 Å². The molecule has 3 rings (SSSR count). The summed E-state index contributed by atoms with van der Waals surface area (Å²) in [5, 5.41) is 3.05. The van der Waals surface area contributed by atoms with E-state index in [0.717, 1.165) is 30.8 Å². The third kappa shape index (κ3) is 1.83. The molecule has 0 bridgehead atoms. The molecule has 0 atom stereocenters. The summed E-state index contributed by atoms with van der Waals surface area (Å²) in [6.07, 6.45) is 0. The van der Waals surface area contributed by atoms with Crippen LogP contribution in [0.4, 0.5) is 0 Å². The SMILES string of the molecule is Brc1ccc2oc(-c3csc(Br)n3)cc2c1. The fourth-order valence-electron chi connectivity index (χ4n) is 1.51. The van der Waals surface area contributed by atoms with Crippen LogP contribution in [0.2, 0.25) is 0 Å². The number of aromatic nitrogens is 1. The highest BCUT2D eigenvalue weighted by Crippen LogP contribution is 2.31. The number of benzene rings is 1. The van der Waals surface area contributed by atoms with E-state index in [1.165, 1.54) is 0 Å². The first-order chi connectivity index (χ1) is 7.72. The Kier molecular flexibility index (Phi) is 2.61.